The van der Waals surface area contributed by atoms with E-state index in [2.05, 4.69) is 25.8 Å². The molecule has 1 aliphatic rings. The van der Waals surface area contributed by atoms with E-state index in [1.165, 1.54) is 19.4 Å². The molecule has 1 nitrogen and oxygen atoms in total. The van der Waals surface area contributed by atoms with Crippen molar-refractivity contribution in [2.75, 3.05) is 13.6 Å². The molecule has 0 aliphatic carbocycles. The van der Waals surface area contributed by atoms with Crippen LogP contribution in [0, 0.1) is 5.92 Å². The van der Waals surface area contributed by atoms with Crippen LogP contribution < -0.4 is 0 Å². The Morgan fingerprint density at radius 2 is 2.22 bits per heavy atom. The van der Waals surface area contributed by atoms with Gasteiger partial charge in [0.05, 0.1) is 0 Å². The second-order valence-corrected chi connectivity index (χ2v) is 3.18. The van der Waals surface area contributed by atoms with Crippen molar-refractivity contribution in [3.63, 3.8) is 0 Å². The predicted octanol–water partition coefficient (Wildman–Crippen LogP) is 1.74. The molecule has 0 aromatic heterocycles. The van der Waals surface area contributed by atoms with E-state index in [0.717, 1.165) is 12.0 Å². The lowest BCUT2D eigenvalue weighted by atomic mass is 9.99. The highest BCUT2D eigenvalue weighted by Crippen LogP contribution is 2.24. The monoisotopic (exact) mass is 127 g/mol. The fourth-order valence-electron chi connectivity index (χ4n) is 1.72. The highest BCUT2D eigenvalue weighted by Gasteiger charge is 2.25. The van der Waals surface area contributed by atoms with Crippen LogP contribution in [0.5, 0.6) is 0 Å². The molecule has 9 heavy (non-hydrogen) atoms. The van der Waals surface area contributed by atoms with Crippen LogP contribution in [0.2, 0.25) is 0 Å². The highest BCUT2D eigenvalue weighted by atomic mass is 15.1. The Balaban J connectivity index is 2.41. The molecule has 0 saturated carbocycles. The quantitative estimate of drug-likeness (QED) is 0.518. The lowest BCUT2D eigenvalue weighted by molar-refractivity contribution is 0.289. The maximum absolute atomic E-state index is 2.45. The highest BCUT2D eigenvalue weighted by molar-refractivity contribution is 4.80. The zero-order valence-corrected chi connectivity index (χ0v) is 6.72. The van der Waals surface area contributed by atoms with Crippen molar-refractivity contribution >= 4 is 0 Å². The van der Waals surface area contributed by atoms with E-state index < -0.39 is 0 Å². The molecule has 0 bridgehead atoms. The first-order valence-corrected chi connectivity index (χ1v) is 3.96. The summed E-state index contributed by atoms with van der Waals surface area (Å²) in [5.41, 5.74) is 0. The summed E-state index contributed by atoms with van der Waals surface area (Å²) in [7, 11) is 2.22. The molecule has 1 saturated heterocycles. The molecule has 1 rings (SSSR count). The normalized spacial score (nSPS) is 37.7. The molecule has 1 heteroatoms. The standard InChI is InChI=1S/C8H17N/c1-4-8-5-6-9(3)7(8)2/h7-8H,4-6H2,1-3H3/t7-,8-/m1/s1. The fourth-order valence-corrected chi connectivity index (χ4v) is 1.72. The minimum absolute atomic E-state index is 0.829. The van der Waals surface area contributed by atoms with E-state index in [-0.39, 0.29) is 0 Å². The summed E-state index contributed by atoms with van der Waals surface area (Å²) in [5, 5.41) is 0. The van der Waals surface area contributed by atoms with Gasteiger partial charge < -0.3 is 4.90 Å². The summed E-state index contributed by atoms with van der Waals surface area (Å²) >= 11 is 0. The summed E-state index contributed by atoms with van der Waals surface area (Å²) < 4.78 is 0. The van der Waals surface area contributed by atoms with Gasteiger partial charge in [0.1, 0.15) is 0 Å². The van der Waals surface area contributed by atoms with Gasteiger partial charge in [-0.1, -0.05) is 13.3 Å². The Bertz CT molecular complexity index is 90.6. The number of hydrogen-bond donors (Lipinski definition) is 0. The van der Waals surface area contributed by atoms with Crippen LogP contribution in [0.15, 0.2) is 0 Å². The summed E-state index contributed by atoms with van der Waals surface area (Å²) in [4.78, 5) is 2.45. The molecule has 0 N–H and O–H groups in total. The Labute approximate surface area is 58.0 Å². The van der Waals surface area contributed by atoms with Gasteiger partial charge >= 0.3 is 0 Å². The average molecular weight is 127 g/mol. The van der Waals surface area contributed by atoms with Crippen molar-refractivity contribution in [3.8, 4) is 0 Å². The molecule has 2 atom stereocenters. The third kappa shape index (κ3) is 1.26. The van der Waals surface area contributed by atoms with Crippen molar-refractivity contribution < 1.29 is 0 Å². The van der Waals surface area contributed by atoms with Gasteiger partial charge in [0.25, 0.3) is 0 Å². The molecule has 0 aromatic rings. The smallest absolute Gasteiger partial charge is 0.00925 e. The second kappa shape index (κ2) is 2.70. The van der Waals surface area contributed by atoms with Crippen molar-refractivity contribution in [1.29, 1.82) is 0 Å². The summed E-state index contributed by atoms with van der Waals surface area (Å²) in [5.74, 6) is 0.968. The van der Waals surface area contributed by atoms with Crippen molar-refractivity contribution in [2.45, 2.75) is 32.7 Å². The van der Waals surface area contributed by atoms with Gasteiger partial charge in [-0.3, -0.25) is 0 Å². The maximum Gasteiger partial charge on any atom is 0.00925 e. The molecule has 0 unspecified atom stereocenters. The van der Waals surface area contributed by atoms with Crippen molar-refractivity contribution in [1.82, 2.24) is 4.90 Å². The van der Waals surface area contributed by atoms with E-state index in [0.29, 0.717) is 0 Å². The van der Waals surface area contributed by atoms with Crippen LogP contribution in [0.4, 0.5) is 0 Å². The molecule has 1 aliphatic heterocycles. The van der Waals surface area contributed by atoms with Crippen molar-refractivity contribution in [3.05, 3.63) is 0 Å². The van der Waals surface area contributed by atoms with Gasteiger partial charge in [0, 0.05) is 6.04 Å². The Morgan fingerprint density at radius 1 is 1.56 bits per heavy atom. The summed E-state index contributed by atoms with van der Waals surface area (Å²) in [6.07, 6.45) is 2.76. The molecular formula is C8H17N. The number of rotatable bonds is 1. The van der Waals surface area contributed by atoms with E-state index in [1.807, 2.05) is 0 Å². The zero-order valence-electron chi connectivity index (χ0n) is 6.72. The van der Waals surface area contributed by atoms with Crippen LogP contribution in [0.25, 0.3) is 0 Å². The third-order valence-corrected chi connectivity index (χ3v) is 2.75. The zero-order chi connectivity index (χ0) is 6.85. The maximum atomic E-state index is 2.45. The van der Waals surface area contributed by atoms with Gasteiger partial charge in [0.2, 0.25) is 0 Å². The topological polar surface area (TPSA) is 3.24 Å². The summed E-state index contributed by atoms with van der Waals surface area (Å²) in [6, 6.07) is 0.829. The molecule has 0 amide bonds. The van der Waals surface area contributed by atoms with E-state index in [9.17, 15) is 0 Å². The van der Waals surface area contributed by atoms with Gasteiger partial charge in [-0.2, -0.15) is 0 Å². The lowest BCUT2D eigenvalue weighted by Gasteiger charge is -2.18. The molecule has 0 radical (unpaired) electrons. The summed E-state index contributed by atoms with van der Waals surface area (Å²) in [6.45, 7) is 5.93. The molecule has 0 spiro atoms. The first-order valence-electron chi connectivity index (χ1n) is 3.96. The van der Waals surface area contributed by atoms with Gasteiger partial charge in [-0.05, 0) is 32.9 Å². The largest absolute Gasteiger partial charge is 0.303 e. The number of nitrogens with zero attached hydrogens (tertiary/aromatic N) is 1. The van der Waals surface area contributed by atoms with Gasteiger partial charge in [0.15, 0.2) is 0 Å². The van der Waals surface area contributed by atoms with E-state index in [4.69, 9.17) is 0 Å². The predicted molar refractivity (Wildman–Crippen MR) is 40.5 cm³/mol. The van der Waals surface area contributed by atoms with E-state index >= 15 is 0 Å². The Kier molecular flexibility index (Phi) is 2.12. The second-order valence-electron chi connectivity index (χ2n) is 3.18. The fraction of sp³-hybridized carbons (Fsp3) is 1.00. The van der Waals surface area contributed by atoms with Crippen LogP contribution in [-0.4, -0.2) is 24.5 Å². The Morgan fingerprint density at radius 3 is 2.44 bits per heavy atom. The number of likely N-dealkylation sites (tertiary alicyclic amines) is 1. The molecule has 1 heterocycles. The van der Waals surface area contributed by atoms with Crippen LogP contribution in [0.3, 0.4) is 0 Å². The molecular weight excluding hydrogens is 110 g/mol. The molecule has 54 valence electrons. The van der Waals surface area contributed by atoms with Crippen molar-refractivity contribution in [2.24, 2.45) is 5.92 Å². The lowest BCUT2D eigenvalue weighted by Crippen LogP contribution is -2.25. The number of hydrogen-bond acceptors (Lipinski definition) is 1. The Hall–Kier alpha value is -0.0400. The van der Waals surface area contributed by atoms with Crippen LogP contribution in [-0.2, 0) is 0 Å². The minimum Gasteiger partial charge on any atom is -0.303 e. The van der Waals surface area contributed by atoms with E-state index in [1.54, 1.807) is 0 Å². The molecule has 0 aromatic carbocycles. The van der Waals surface area contributed by atoms with Crippen LogP contribution >= 0.6 is 0 Å². The minimum atomic E-state index is 0.829. The first kappa shape index (κ1) is 7.07. The molecule has 1 fully saturated rings. The average Bonchev–Trinajstić information content (AvgIpc) is 2.15. The third-order valence-electron chi connectivity index (χ3n) is 2.75. The van der Waals surface area contributed by atoms with Gasteiger partial charge in [-0.25, -0.2) is 0 Å². The first-order chi connectivity index (χ1) is 4.25. The van der Waals surface area contributed by atoms with Crippen LogP contribution in [0.1, 0.15) is 26.7 Å². The SMILES string of the molecule is CC[C@@H]1CCN(C)[C@@H]1C. The van der Waals surface area contributed by atoms with Gasteiger partial charge in [-0.15, -0.1) is 0 Å².